The number of aryl methyl sites for hydroxylation is 1. The van der Waals surface area contributed by atoms with Crippen molar-refractivity contribution in [3.05, 3.63) is 22.7 Å². The number of sulfonamides is 1. The molecule has 38 heavy (non-hydrogen) atoms. The minimum absolute atomic E-state index is 0.0429. The standard InChI is InChI=1S/C23H31F3N6O4S2/c1-5-6-7-10-32-15(4)8-9-16-11-17(18(12-19(16)32)31-38(34,35)23(24,25)26)27-29-22-30-28-20(37-22)21(33)36-13-14(2)3/h11-12,14-15,31H,5-10,13H2,1-4H3. The maximum absolute atomic E-state index is 13.2. The van der Waals surface area contributed by atoms with Gasteiger partial charge >= 0.3 is 21.5 Å². The first-order valence-electron chi connectivity index (χ1n) is 12.3. The van der Waals surface area contributed by atoms with Gasteiger partial charge in [-0.3, -0.25) is 4.72 Å². The van der Waals surface area contributed by atoms with Crippen LogP contribution in [0.3, 0.4) is 0 Å². The van der Waals surface area contributed by atoms with E-state index in [1.54, 1.807) is 4.72 Å². The van der Waals surface area contributed by atoms with Crippen LogP contribution in [0, 0.1) is 5.92 Å². The number of fused-ring (bicyclic) bond motifs is 1. The molecule has 1 aliphatic heterocycles. The van der Waals surface area contributed by atoms with Gasteiger partial charge in [-0.2, -0.15) is 21.6 Å². The van der Waals surface area contributed by atoms with Crippen molar-refractivity contribution in [1.29, 1.82) is 0 Å². The smallest absolute Gasteiger partial charge is 0.460 e. The van der Waals surface area contributed by atoms with Crippen LogP contribution in [-0.4, -0.2) is 49.3 Å². The van der Waals surface area contributed by atoms with E-state index in [0.717, 1.165) is 42.6 Å². The number of ether oxygens (including phenoxy) is 1. The van der Waals surface area contributed by atoms with Gasteiger partial charge in [0.25, 0.3) is 5.13 Å². The topological polar surface area (TPSA) is 126 Å². The van der Waals surface area contributed by atoms with Crippen LogP contribution in [0.4, 0.5) is 35.4 Å². The molecule has 0 bridgehead atoms. The molecule has 1 unspecified atom stereocenters. The summed E-state index contributed by atoms with van der Waals surface area (Å²) >= 11 is 0.792. The quantitative estimate of drug-likeness (QED) is 0.187. The second-order valence-corrected chi connectivity index (χ2v) is 12.0. The summed E-state index contributed by atoms with van der Waals surface area (Å²) in [4.78, 5) is 14.2. The molecule has 15 heteroatoms. The molecule has 1 aromatic carbocycles. The summed E-state index contributed by atoms with van der Waals surface area (Å²) in [5.41, 5.74) is -4.52. The summed E-state index contributed by atoms with van der Waals surface area (Å²) in [5, 5.41) is 15.3. The van der Waals surface area contributed by atoms with Gasteiger partial charge in [-0.1, -0.05) is 44.9 Å². The van der Waals surface area contributed by atoms with E-state index in [4.69, 9.17) is 4.74 Å². The van der Waals surface area contributed by atoms with E-state index in [2.05, 4.69) is 32.2 Å². The SMILES string of the molecule is CCCCCN1c2cc(NS(=O)(=O)C(F)(F)F)c(N=Nc3nnc(C(=O)OCC(C)C)s3)cc2CCC1C. The molecule has 10 nitrogen and oxygen atoms in total. The molecule has 0 amide bonds. The largest absolute Gasteiger partial charge is 0.516 e. The van der Waals surface area contributed by atoms with Gasteiger partial charge in [0, 0.05) is 18.3 Å². The van der Waals surface area contributed by atoms with Gasteiger partial charge in [0.2, 0.25) is 5.01 Å². The number of azo groups is 1. The molecule has 0 saturated carbocycles. The second kappa shape index (κ2) is 12.4. The Morgan fingerprint density at radius 2 is 2.00 bits per heavy atom. The first-order valence-corrected chi connectivity index (χ1v) is 14.6. The number of benzene rings is 1. The average molecular weight is 577 g/mol. The van der Waals surface area contributed by atoms with Gasteiger partial charge in [0.1, 0.15) is 5.69 Å². The maximum Gasteiger partial charge on any atom is 0.516 e. The van der Waals surface area contributed by atoms with E-state index in [1.807, 2.05) is 20.8 Å². The number of unbranched alkanes of at least 4 members (excludes halogenated alkanes) is 2. The first kappa shape index (κ1) is 29.7. The lowest BCUT2D eigenvalue weighted by molar-refractivity contribution is -0.0429. The molecule has 0 fully saturated rings. The normalized spacial score (nSPS) is 16.2. The van der Waals surface area contributed by atoms with Gasteiger partial charge in [-0.05, 0) is 49.8 Å². The first-order chi connectivity index (χ1) is 17.8. The summed E-state index contributed by atoms with van der Waals surface area (Å²) in [7, 11) is -5.71. The maximum atomic E-state index is 13.2. The van der Waals surface area contributed by atoms with Crippen molar-refractivity contribution in [1.82, 2.24) is 10.2 Å². The van der Waals surface area contributed by atoms with Crippen LogP contribution < -0.4 is 9.62 Å². The van der Waals surface area contributed by atoms with Crippen LogP contribution in [0.15, 0.2) is 22.4 Å². The molecule has 1 atom stereocenters. The number of hydrogen-bond acceptors (Lipinski definition) is 10. The minimum Gasteiger partial charge on any atom is -0.460 e. The van der Waals surface area contributed by atoms with E-state index < -0.39 is 21.5 Å². The molecule has 1 N–H and O–H groups in total. The Balaban J connectivity index is 1.96. The number of rotatable bonds is 11. The number of esters is 1. The van der Waals surface area contributed by atoms with Crippen molar-refractivity contribution in [2.45, 2.75) is 71.3 Å². The number of halogens is 3. The third-order valence-corrected chi connectivity index (χ3v) is 7.69. The third kappa shape index (κ3) is 7.40. The highest BCUT2D eigenvalue weighted by Gasteiger charge is 2.46. The fourth-order valence-corrected chi connectivity index (χ4v) is 4.95. The number of alkyl halides is 3. The van der Waals surface area contributed by atoms with Crippen molar-refractivity contribution in [2.24, 2.45) is 16.1 Å². The summed E-state index contributed by atoms with van der Waals surface area (Å²) in [6.45, 7) is 8.74. The van der Waals surface area contributed by atoms with Gasteiger partial charge in [-0.25, -0.2) is 4.79 Å². The minimum atomic E-state index is -5.71. The fraction of sp³-hybridized carbons (Fsp3) is 0.609. The number of carbonyl (C=O) groups is 1. The highest BCUT2D eigenvalue weighted by molar-refractivity contribution is 7.93. The van der Waals surface area contributed by atoms with E-state index in [1.165, 1.54) is 12.1 Å². The summed E-state index contributed by atoms with van der Waals surface area (Å²) in [5.74, 6) is -0.554. The zero-order chi connectivity index (χ0) is 28.1. The van der Waals surface area contributed by atoms with Crippen LogP contribution in [-0.2, 0) is 21.2 Å². The Bertz CT molecular complexity index is 1260. The molecular formula is C23H31F3N6O4S2. The lowest BCUT2D eigenvalue weighted by Gasteiger charge is -2.37. The van der Waals surface area contributed by atoms with Crippen molar-refractivity contribution in [3.63, 3.8) is 0 Å². The summed E-state index contributed by atoms with van der Waals surface area (Å²) < 4.78 is 70.3. The highest BCUT2D eigenvalue weighted by Crippen LogP contribution is 2.41. The molecule has 2 aromatic rings. The molecule has 0 radical (unpaired) electrons. The highest BCUT2D eigenvalue weighted by atomic mass is 32.2. The van der Waals surface area contributed by atoms with Crippen LogP contribution in [0.1, 0.15) is 68.7 Å². The fourth-order valence-electron chi connectivity index (χ4n) is 3.82. The number of nitrogens with zero attached hydrogens (tertiary/aromatic N) is 5. The Kier molecular flexibility index (Phi) is 9.68. The summed E-state index contributed by atoms with van der Waals surface area (Å²) in [6, 6.07) is 3.04. The van der Waals surface area contributed by atoms with Crippen LogP contribution in [0.25, 0.3) is 0 Å². The number of carbonyl (C=O) groups excluding carboxylic acids is 1. The van der Waals surface area contributed by atoms with Gasteiger partial charge < -0.3 is 9.64 Å². The van der Waals surface area contributed by atoms with Gasteiger partial charge in [-0.15, -0.1) is 20.4 Å². The molecule has 3 rings (SSSR count). The van der Waals surface area contributed by atoms with Crippen molar-refractivity contribution in [2.75, 3.05) is 22.8 Å². The number of hydrogen-bond donors (Lipinski definition) is 1. The molecular weight excluding hydrogens is 545 g/mol. The third-order valence-electron chi connectivity index (χ3n) is 5.80. The molecule has 1 aromatic heterocycles. The zero-order valence-electron chi connectivity index (χ0n) is 21.6. The Labute approximate surface area is 223 Å². The van der Waals surface area contributed by atoms with Crippen molar-refractivity contribution >= 4 is 49.5 Å². The zero-order valence-corrected chi connectivity index (χ0v) is 23.2. The molecule has 0 saturated heterocycles. The van der Waals surface area contributed by atoms with E-state index in [9.17, 15) is 26.4 Å². The van der Waals surface area contributed by atoms with E-state index in [0.29, 0.717) is 18.7 Å². The second-order valence-electron chi connectivity index (χ2n) is 9.42. The van der Waals surface area contributed by atoms with Crippen LogP contribution in [0.2, 0.25) is 0 Å². The van der Waals surface area contributed by atoms with Crippen LogP contribution in [0.5, 0.6) is 0 Å². The number of nitrogens with one attached hydrogen (secondary N) is 1. The molecule has 0 aliphatic carbocycles. The Hall–Kier alpha value is -2.81. The van der Waals surface area contributed by atoms with Crippen molar-refractivity contribution < 1.29 is 31.1 Å². The number of anilines is 2. The monoisotopic (exact) mass is 576 g/mol. The van der Waals surface area contributed by atoms with Crippen LogP contribution >= 0.6 is 11.3 Å². The lowest BCUT2D eigenvalue weighted by atomic mass is 9.95. The predicted octanol–water partition coefficient (Wildman–Crippen LogP) is 6.36. The molecule has 0 spiro atoms. The lowest BCUT2D eigenvalue weighted by Crippen LogP contribution is -2.38. The Morgan fingerprint density at radius 3 is 2.66 bits per heavy atom. The summed E-state index contributed by atoms with van der Waals surface area (Å²) in [6.07, 6.45) is 4.35. The van der Waals surface area contributed by atoms with E-state index >= 15 is 0 Å². The number of aromatic nitrogens is 2. The average Bonchev–Trinajstić information content (AvgIpc) is 3.31. The molecule has 1 aliphatic rings. The molecule has 210 valence electrons. The molecule has 2 heterocycles. The van der Waals surface area contributed by atoms with E-state index in [-0.39, 0.29) is 40.1 Å². The predicted molar refractivity (Wildman–Crippen MR) is 139 cm³/mol. The van der Waals surface area contributed by atoms with Gasteiger partial charge in [0.15, 0.2) is 0 Å². The van der Waals surface area contributed by atoms with Gasteiger partial charge in [0.05, 0.1) is 12.3 Å². The Morgan fingerprint density at radius 1 is 1.26 bits per heavy atom. The van der Waals surface area contributed by atoms with Crippen molar-refractivity contribution in [3.8, 4) is 0 Å².